The normalized spacial score (nSPS) is 20.6. The van der Waals surface area contributed by atoms with Crippen LogP contribution in [0.4, 0.5) is 23.4 Å². The van der Waals surface area contributed by atoms with Crippen LogP contribution in [0.2, 0.25) is 0 Å². The van der Waals surface area contributed by atoms with Crippen LogP contribution in [0.1, 0.15) is 22.5 Å². The van der Waals surface area contributed by atoms with Crippen LogP contribution in [-0.4, -0.2) is 56.5 Å². The minimum atomic E-state index is -4.53. The summed E-state index contributed by atoms with van der Waals surface area (Å²) in [5.41, 5.74) is -0.458. The molecule has 0 radical (unpaired) electrons. The molecule has 2 saturated heterocycles. The Labute approximate surface area is 180 Å². The third-order valence-corrected chi connectivity index (χ3v) is 5.99. The summed E-state index contributed by atoms with van der Waals surface area (Å²) in [6, 6.07) is 7.43. The van der Waals surface area contributed by atoms with Gasteiger partial charge in [0.2, 0.25) is 0 Å². The SMILES string of the molecule is O=C(c1cc(F)ccc1-n1nccn1)N1C[C@H]2CCN(c3cccc(C(F)(F)F)n3)C[C@H]21. The van der Waals surface area contributed by atoms with E-state index in [1.807, 2.05) is 0 Å². The Morgan fingerprint density at radius 1 is 1.06 bits per heavy atom. The fraction of sp³-hybridized carbons (Fsp3) is 0.333. The lowest BCUT2D eigenvalue weighted by atomic mass is 9.81. The topological polar surface area (TPSA) is 67.2 Å². The molecule has 11 heteroatoms. The molecule has 5 rings (SSSR count). The smallest absolute Gasteiger partial charge is 0.355 e. The molecule has 166 valence electrons. The summed E-state index contributed by atoms with van der Waals surface area (Å²) < 4.78 is 53.1. The molecular weight excluding hydrogens is 428 g/mol. The number of halogens is 4. The number of likely N-dealkylation sites (tertiary alicyclic amines) is 1. The zero-order valence-electron chi connectivity index (χ0n) is 16.7. The lowest BCUT2D eigenvalue weighted by Gasteiger charge is -2.53. The third-order valence-electron chi connectivity index (χ3n) is 5.99. The first-order chi connectivity index (χ1) is 15.3. The molecule has 0 aliphatic carbocycles. The molecule has 3 aromatic rings. The monoisotopic (exact) mass is 446 g/mol. The standard InChI is InChI=1S/C21H18F4N6O/c22-14-4-5-16(31-26-7-8-27-31)15(10-14)20(32)30-11-13-6-9-29(12-17(13)30)19-3-1-2-18(28-19)21(23,24)25/h1-5,7-8,10,13,17H,6,9,11-12H2/t13-,17-/m1/s1. The largest absolute Gasteiger partial charge is 0.433 e. The van der Waals surface area contributed by atoms with E-state index in [0.717, 1.165) is 18.6 Å². The van der Waals surface area contributed by atoms with Gasteiger partial charge in [-0.1, -0.05) is 6.07 Å². The maximum Gasteiger partial charge on any atom is 0.433 e. The maximum absolute atomic E-state index is 14.0. The molecule has 0 spiro atoms. The number of aromatic nitrogens is 4. The highest BCUT2D eigenvalue weighted by Crippen LogP contribution is 2.36. The first-order valence-corrected chi connectivity index (χ1v) is 10.1. The van der Waals surface area contributed by atoms with Crippen LogP contribution in [0.15, 0.2) is 48.8 Å². The van der Waals surface area contributed by atoms with Gasteiger partial charge < -0.3 is 9.80 Å². The molecule has 0 unspecified atom stereocenters. The van der Waals surface area contributed by atoms with E-state index < -0.39 is 17.7 Å². The Morgan fingerprint density at radius 2 is 1.84 bits per heavy atom. The van der Waals surface area contributed by atoms with E-state index in [9.17, 15) is 22.4 Å². The van der Waals surface area contributed by atoms with Gasteiger partial charge in [0.1, 0.15) is 17.3 Å². The van der Waals surface area contributed by atoms with Crippen LogP contribution in [0.5, 0.6) is 0 Å². The van der Waals surface area contributed by atoms with Crippen LogP contribution in [0.3, 0.4) is 0 Å². The zero-order chi connectivity index (χ0) is 22.5. The number of carbonyl (C=O) groups excluding carboxylic acids is 1. The van der Waals surface area contributed by atoms with Gasteiger partial charge in [-0.05, 0) is 36.8 Å². The summed E-state index contributed by atoms with van der Waals surface area (Å²) in [6.45, 7) is 1.42. The number of amides is 1. The highest BCUT2D eigenvalue weighted by Gasteiger charge is 2.46. The Bertz CT molecular complexity index is 1150. The summed E-state index contributed by atoms with van der Waals surface area (Å²) in [6.07, 6.45) is -0.888. The number of anilines is 1. The minimum absolute atomic E-state index is 0.133. The first-order valence-electron chi connectivity index (χ1n) is 10.1. The highest BCUT2D eigenvalue weighted by molar-refractivity contribution is 5.98. The van der Waals surface area contributed by atoms with Crippen molar-refractivity contribution in [3.05, 3.63) is 65.9 Å². The summed E-state index contributed by atoms with van der Waals surface area (Å²) >= 11 is 0. The van der Waals surface area contributed by atoms with Crippen molar-refractivity contribution in [3.8, 4) is 5.69 Å². The van der Waals surface area contributed by atoms with Gasteiger partial charge in [-0.25, -0.2) is 9.37 Å². The quantitative estimate of drug-likeness (QED) is 0.579. The zero-order valence-corrected chi connectivity index (χ0v) is 16.7. The molecule has 2 fully saturated rings. The molecule has 0 N–H and O–H groups in total. The van der Waals surface area contributed by atoms with Crippen LogP contribution < -0.4 is 4.90 Å². The van der Waals surface area contributed by atoms with E-state index in [1.165, 1.54) is 41.5 Å². The molecule has 2 aliphatic heterocycles. The van der Waals surface area contributed by atoms with Gasteiger partial charge >= 0.3 is 6.18 Å². The molecular formula is C21H18F4N6O. The number of hydrogen-bond donors (Lipinski definition) is 0. The van der Waals surface area contributed by atoms with Crippen LogP contribution in [0, 0.1) is 11.7 Å². The fourth-order valence-corrected chi connectivity index (χ4v) is 4.34. The van der Waals surface area contributed by atoms with Crippen LogP contribution >= 0.6 is 0 Å². The second-order valence-corrected chi connectivity index (χ2v) is 7.88. The highest BCUT2D eigenvalue weighted by atomic mass is 19.4. The number of alkyl halides is 3. The van der Waals surface area contributed by atoms with Gasteiger partial charge in [-0.3, -0.25) is 4.79 Å². The Balaban J connectivity index is 1.38. The first kappa shape index (κ1) is 20.4. The average Bonchev–Trinajstić information content (AvgIpc) is 3.28. The Kier molecular flexibility index (Phi) is 4.83. The van der Waals surface area contributed by atoms with Gasteiger partial charge in [0.15, 0.2) is 0 Å². The molecule has 4 heterocycles. The van der Waals surface area contributed by atoms with Crippen molar-refractivity contribution in [2.45, 2.75) is 18.6 Å². The maximum atomic E-state index is 14.0. The van der Waals surface area contributed by atoms with E-state index in [4.69, 9.17) is 0 Å². The molecule has 2 aliphatic rings. The number of piperidine rings is 1. The predicted octanol–water partition coefficient (Wildman–Crippen LogP) is 3.17. The van der Waals surface area contributed by atoms with Crippen LogP contribution in [0.25, 0.3) is 5.69 Å². The second kappa shape index (κ2) is 7.57. The fourth-order valence-electron chi connectivity index (χ4n) is 4.34. The van der Waals surface area contributed by atoms with Gasteiger partial charge in [0.25, 0.3) is 5.91 Å². The van der Waals surface area contributed by atoms with Gasteiger partial charge in [0.05, 0.1) is 29.7 Å². The molecule has 7 nitrogen and oxygen atoms in total. The van der Waals surface area contributed by atoms with E-state index in [1.54, 1.807) is 9.80 Å². The molecule has 1 amide bonds. The van der Waals surface area contributed by atoms with Crippen molar-refractivity contribution in [3.63, 3.8) is 0 Å². The van der Waals surface area contributed by atoms with Crippen molar-refractivity contribution in [1.82, 2.24) is 24.9 Å². The lowest BCUT2D eigenvalue weighted by Crippen LogP contribution is -2.66. The van der Waals surface area contributed by atoms with Crippen molar-refractivity contribution in [1.29, 1.82) is 0 Å². The van der Waals surface area contributed by atoms with Crippen molar-refractivity contribution in [2.24, 2.45) is 5.92 Å². The summed E-state index contributed by atoms with van der Waals surface area (Å²) in [4.78, 5) is 21.7. The average molecular weight is 446 g/mol. The number of nitrogens with zero attached hydrogens (tertiary/aromatic N) is 6. The molecule has 1 aromatic carbocycles. The number of carbonyl (C=O) groups is 1. The lowest BCUT2D eigenvalue weighted by molar-refractivity contribution is -0.141. The van der Waals surface area contributed by atoms with E-state index >= 15 is 0 Å². The number of pyridine rings is 1. The number of fused-ring (bicyclic) bond motifs is 1. The number of rotatable bonds is 3. The summed E-state index contributed by atoms with van der Waals surface area (Å²) in [5.74, 6) is -0.456. The minimum Gasteiger partial charge on any atom is -0.355 e. The van der Waals surface area contributed by atoms with Gasteiger partial charge in [0, 0.05) is 25.6 Å². The van der Waals surface area contributed by atoms with Crippen molar-refractivity contribution in [2.75, 3.05) is 24.5 Å². The number of hydrogen-bond acceptors (Lipinski definition) is 5. The second-order valence-electron chi connectivity index (χ2n) is 7.88. The van der Waals surface area contributed by atoms with Crippen molar-refractivity contribution < 1.29 is 22.4 Å². The van der Waals surface area contributed by atoms with E-state index in [0.29, 0.717) is 25.3 Å². The van der Waals surface area contributed by atoms with E-state index in [2.05, 4.69) is 15.2 Å². The molecule has 2 atom stereocenters. The van der Waals surface area contributed by atoms with Crippen LogP contribution in [-0.2, 0) is 6.18 Å². The van der Waals surface area contributed by atoms with Gasteiger partial charge in [-0.2, -0.15) is 28.2 Å². The van der Waals surface area contributed by atoms with Crippen molar-refractivity contribution >= 4 is 11.7 Å². The predicted molar refractivity (Wildman–Crippen MR) is 106 cm³/mol. The Morgan fingerprint density at radius 3 is 2.59 bits per heavy atom. The molecule has 0 saturated carbocycles. The Hall–Kier alpha value is -3.50. The number of benzene rings is 1. The molecule has 2 aromatic heterocycles. The van der Waals surface area contributed by atoms with E-state index in [-0.39, 0.29) is 29.2 Å². The third kappa shape index (κ3) is 3.57. The molecule has 32 heavy (non-hydrogen) atoms. The summed E-state index contributed by atoms with van der Waals surface area (Å²) in [7, 11) is 0. The molecule has 0 bridgehead atoms. The van der Waals surface area contributed by atoms with Gasteiger partial charge in [-0.15, -0.1) is 0 Å². The summed E-state index contributed by atoms with van der Waals surface area (Å²) in [5, 5.41) is 8.06.